The lowest BCUT2D eigenvalue weighted by atomic mass is 9.88. The number of aliphatic imine (C=N–C) groups is 1. The van der Waals surface area contributed by atoms with E-state index in [4.69, 9.17) is 5.73 Å². The summed E-state index contributed by atoms with van der Waals surface area (Å²) in [6, 6.07) is 13.5. The molecule has 0 spiro atoms. The Balaban J connectivity index is 1.64. The highest BCUT2D eigenvalue weighted by Crippen LogP contribution is 2.26. The van der Waals surface area contributed by atoms with Crippen molar-refractivity contribution in [2.75, 3.05) is 11.1 Å². The van der Waals surface area contributed by atoms with Gasteiger partial charge in [-0.1, -0.05) is 43.5 Å². The first kappa shape index (κ1) is 17.2. The van der Waals surface area contributed by atoms with Crippen molar-refractivity contribution in [2.24, 2.45) is 10.9 Å². The summed E-state index contributed by atoms with van der Waals surface area (Å²) in [5.41, 5.74) is 10.3. The van der Waals surface area contributed by atoms with Crippen molar-refractivity contribution in [3.8, 4) is 0 Å². The molecule has 0 heterocycles. The zero-order valence-electron chi connectivity index (χ0n) is 14.7. The summed E-state index contributed by atoms with van der Waals surface area (Å²) in [5.74, 6) is 0.313. The van der Waals surface area contributed by atoms with Gasteiger partial charge in [0.1, 0.15) is 0 Å². The number of benzene rings is 2. The standard InChI is InChI=1S/C21H25N3O/c1-15-6-5-9-19(22)20(15)23-14-16-10-12-18(13-11-16)24-21(25)17-7-3-2-4-8-17/h5-6,9-14,17H,2-4,7-8,22H2,1H3,(H,24,25). The molecule has 0 bridgehead atoms. The van der Waals surface area contributed by atoms with Crippen molar-refractivity contribution < 1.29 is 4.79 Å². The molecule has 1 aliphatic rings. The van der Waals surface area contributed by atoms with Crippen molar-refractivity contribution in [3.05, 3.63) is 53.6 Å². The third-order valence-corrected chi connectivity index (χ3v) is 4.77. The van der Waals surface area contributed by atoms with Crippen LogP contribution < -0.4 is 11.1 Å². The molecule has 3 rings (SSSR count). The molecule has 1 saturated carbocycles. The maximum atomic E-state index is 12.3. The van der Waals surface area contributed by atoms with Gasteiger partial charge in [0.25, 0.3) is 0 Å². The van der Waals surface area contributed by atoms with Crippen molar-refractivity contribution >= 4 is 29.2 Å². The van der Waals surface area contributed by atoms with Gasteiger partial charge in [0.2, 0.25) is 5.91 Å². The van der Waals surface area contributed by atoms with E-state index in [1.807, 2.05) is 49.4 Å². The molecule has 2 aromatic carbocycles. The molecule has 0 unspecified atom stereocenters. The zero-order valence-corrected chi connectivity index (χ0v) is 14.7. The average molecular weight is 335 g/mol. The molecular formula is C21H25N3O. The van der Waals surface area contributed by atoms with Crippen LogP contribution in [-0.2, 0) is 4.79 Å². The minimum atomic E-state index is 0.147. The first-order valence-corrected chi connectivity index (χ1v) is 8.93. The smallest absolute Gasteiger partial charge is 0.227 e. The molecule has 25 heavy (non-hydrogen) atoms. The van der Waals surface area contributed by atoms with E-state index in [-0.39, 0.29) is 11.8 Å². The Hall–Kier alpha value is -2.62. The second-order valence-corrected chi connectivity index (χ2v) is 6.72. The van der Waals surface area contributed by atoms with Crippen LogP contribution in [0.15, 0.2) is 47.5 Å². The summed E-state index contributed by atoms with van der Waals surface area (Å²) in [4.78, 5) is 16.8. The monoisotopic (exact) mass is 335 g/mol. The largest absolute Gasteiger partial charge is 0.397 e. The van der Waals surface area contributed by atoms with Crippen molar-refractivity contribution in [2.45, 2.75) is 39.0 Å². The topological polar surface area (TPSA) is 67.5 Å². The van der Waals surface area contributed by atoms with E-state index in [1.54, 1.807) is 6.21 Å². The highest BCUT2D eigenvalue weighted by Gasteiger charge is 2.20. The van der Waals surface area contributed by atoms with Crippen molar-refractivity contribution in [3.63, 3.8) is 0 Å². The quantitative estimate of drug-likeness (QED) is 0.620. The van der Waals surface area contributed by atoms with Crippen LogP contribution in [0.1, 0.15) is 43.2 Å². The number of nitrogens with two attached hydrogens (primary N) is 1. The number of hydrogen-bond acceptors (Lipinski definition) is 3. The van der Waals surface area contributed by atoms with Gasteiger partial charge in [0.15, 0.2) is 0 Å². The summed E-state index contributed by atoms with van der Waals surface area (Å²) in [7, 11) is 0. The first-order valence-electron chi connectivity index (χ1n) is 8.93. The van der Waals surface area contributed by atoms with Gasteiger partial charge in [-0.05, 0) is 49.1 Å². The third-order valence-electron chi connectivity index (χ3n) is 4.77. The molecule has 1 fully saturated rings. The summed E-state index contributed by atoms with van der Waals surface area (Å²) in [6.07, 6.45) is 7.39. The third kappa shape index (κ3) is 4.47. The number of nitrogens with one attached hydrogen (secondary N) is 1. The van der Waals surface area contributed by atoms with Crippen LogP contribution in [0.4, 0.5) is 17.1 Å². The van der Waals surface area contributed by atoms with E-state index in [9.17, 15) is 4.79 Å². The SMILES string of the molecule is Cc1cccc(N)c1N=Cc1ccc(NC(=O)C2CCCCC2)cc1. The Morgan fingerprint density at radius 1 is 1.12 bits per heavy atom. The predicted molar refractivity (Wildman–Crippen MR) is 104 cm³/mol. The minimum Gasteiger partial charge on any atom is -0.397 e. The minimum absolute atomic E-state index is 0.147. The molecule has 0 aliphatic heterocycles. The van der Waals surface area contributed by atoms with Gasteiger partial charge in [-0.3, -0.25) is 9.79 Å². The van der Waals surface area contributed by atoms with E-state index in [0.717, 1.165) is 48.2 Å². The number of carbonyl (C=O) groups excluding carboxylic acids is 1. The van der Waals surface area contributed by atoms with Gasteiger partial charge >= 0.3 is 0 Å². The number of anilines is 2. The molecule has 2 aromatic rings. The lowest BCUT2D eigenvalue weighted by molar-refractivity contribution is -0.120. The maximum absolute atomic E-state index is 12.3. The molecule has 1 aliphatic carbocycles. The number of hydrogen-bond donors (Lipinski definition) is 2. The summed E-state index contributed by atoms with van der Waals surface area (Å²) < 4.78 is 0. The molecule has 0 aromatic heterocycles. The van der Waals surface area contributed by atoms with Gasteiger partial charge < -0.3 is 11.1 Å². The Morgan fingerprint density at radius 3 is 2.52 bits per heavy atom. The van der Waals surface area contributed by atoms with Crippen LogP contribution in [0.5, 0.6) is 0 Å². The molecule has 0 radical (unpaired) electrons. The van der Waals surface area contributed by atoms with Crippen LogP contribution in [0.3, 0.4) is 0 Å². The van der Waals surface area contributed by atoms with Crippen LogP contribution in [0.25, 0.3) is 0 Å². The highest BCUT2D eigenvalue weighted by atomic mass is 16.1. The number of nitrogens with zero attached hydrogens (tertiary/aromatic N) is 1. The van der Waals surface area contributed by atoms with Gasteiger partial charge in [0.05, 0.1) is 11.4 Å². The Morgan fingerprint density at radius 2 is 1.84 bits per heavy atom. The van der Waals surface area contributed by atoms with Gasteiger partial charge in [0, 0.05) is 17.8 Å². The van der Waals surface area contributed by atoms with Crippen LogP contribution in [0, 0.1) is 12.8 Å². The molecule has 3 N–H and O–H groups in total. The van der Waals surface area contributed by atoms with E-state index in [1.165, 1.54) is 6.42 Å². The normalized spacial score (nSPS) is 15.4. The zero-order chi connectivity index (χ0) is 17.6. The molecule has 4 heteroatoms. The Labute approximate surface area is 149 Å². The van der Waals surface area contributed by atoms with E-state index >= 15 is 0 Å². The molecule has 0 atom stereocenters. The fraction of sp³-hybridized carbons (Fsp3) is 0.333. The molecule has 1 amide bonds. The Kier molecular flexibility index (Phi) is 5.49. The first-order chi connectivity index (χ1) is 12.1. The number of carbonyl (C=O) groups is 1. The number of amides is 1. The van der Waals surface area contributed by atoms with Gasteiger partial charge in [-0.2, -0.15) is 0 Å². The lowest BCUT2D eigenvalue weighted by Gasteiger charge is -2.20. The van der Waals surface area contributed by atoms with Crippen LogP contribution >= 0.6 is 0 Å². The molecular weight excluding hydrogens is 310 g/mol. The molecule has 4 nitrogen and oxygen atoms in total. The van der Waals surface area contributed by atoms with Crippen molar-refractivity contribution in [1.29, 1.82) is 0 Å². The average Bonchev–Trinajstić information content (AvgIpc) is 2.63. The summed E-state index contributed by atoms with van der Waals surface area (Å²) in [5, 5.41) is 3.03. The molecule has 0 saturated heterocycles. The van der Waals surface area contributed by atoms with Gasteiger partial charge in [-0.25, -0.2) is 0 Å². The second-order valence-electron chi connectivity index (χ2n) is 6.72. The fourth-order valence-corrected chi connectivity index (χ4v) is 3.26. The number of aryl methyl sites for hydroxylation is 1. The maximum Gasteiger partial charge on any atom is 0.227 e. The van der Waals surface area contributed by atoms with E-state index in [2.05, 4.69) is 10.3 Å². The number of para-hydroxylation sites is 1. The van der Waals surface area contributed by atoms with E-state index in [0.29, 0.717) is 5.69 Å². The van der Waals surface area contributed by atoms with Crippen LogP contribution in [0.2, 0.25) is 0 Å². The lowest BCUT2D eigenvalue weighted by Crippen LogP contribution is -2.24. The summed E-state index contributed by atoms with van der Waals surface area (Å²) >= 11 is 0. The Bertz CT molecular complexity index is 739. The van der Waals surface area contributed by atoms with Crippen molar-refractivity contribution in [1.82, 2.24) is 0 Å². The summed E-state index contributed by atoms with van der Waals surface area (Å²) in [6.45, 7) is 1.99. The highest BCUT2D eigenvalue weighted by molar-refractivity contribution is 5.93. The number of rotatable bonds is 4. The second kappa shape index (κ2) is 7.97. The molecule has 130 valence electrons. The van der Waals surface area contributed by atoms with Gasteiger partial charge in [-0.15, -0.1) is 0 Å². The predicted octanol–water partition coefficient (Wildman–Crippen LogP) is 4.85. The number of nitrogen functional groups attached to an aromatic ring is 1. The van der Waals surface area contributed by atoms with Crippen LogP contribution in [-0.4, -0.2) is 12.1 Å². The fourth-order valence-electron chi connectivity index (χ4n) is 3.26. The van der Waals surface area contributed by atoms with E-state index < -0.39 is 0 Å².